The Hall–Kier alpha value is 0.0738. The van der Waals surface area contributed by atoms with Crippen LogP contribution in [0.3, 0.4) is 0 Å². The minimum atomic E-state index is -2.75. The van der Waals surface area contributed by atoms with Gasteiger partial charge in [0.1, 0.15) is 0 Å². The number of unbranched alkanes of at least 4 members (excludes halogenated alkanes) is 1. The number of fused-ring (bicyclic) bond motifs is 6. The van der Waals surface area contributed by atoms with Crippen molar-refractivity contribution in [2.24, 2.45) is 0 Å². The molecule has 0 aromatic carbocycles. The smallest absolute Gasteiger partial charge is 0.379 e. The molecule has 3 saturated heterocycles. The average Bonchev–Trinajstić information content (AvgIpc) is 2.75. The first-order chi connectivity index (χ1) is 15.0. The van der Waals surface area contributed by atoms with Gasteiger partial charge in [-0.3, -0.25) is 4.90 Å². The highest BCUT2D eigenvalue weighted by atomic mass is 28.4. The molecule has 31 heavy (non-hydrogen) atoms. The zero-order valence-corrected chi connectivity index (χ0v) is 22.1. The van der Waals surface area contributed by atoms with Gasteiger partial charge in [-0.05, 0) is 25.8 Å². The molecule has 0 N–H and O–H groups in total. The van der Waals surface area contributed by atoms with E-state index < -0.39 is 17.6 Å². The van der Waals surface area contributed by atoms with Gasteiger partial charge >= 0.3 is 17.6 Å². The second-order valence-corrected chi connectivity index (χ2v) is 14.0. The van der Waals surface area contributed by atoms with Crippen molar-refractivity contribution in [2.45, 2.75) is 56.9 Å². The Labute approximate surface area is 190 Å². The minimum absolute atomic E-state index is 0.0131. The molecule has 0 radical (unpaired) electrons. The van der Waals surface area contributed by atoms with E-state index in [4.69, 9.17) is 36.0 Å². The normalized spacial score (nSPS) is 29.5. The van der Waals surface area contributed by atoms with Crippen LogP contribution < -0.4 is 0 Å². The van der Waals surface area contributed by atoms with E-state index in [1.54, 1.807) is 28.4 Å². The van der Waals surface area contributed by atoms with Crippen molar-refractivity contribution in [2.75, 3.05) is 74.5 Å². The Morgan fingerprint density at radius 1 is 0.903 bits per heavy atom. The lowest BCUT2D eigenvalue weighted by Gasteiger charge is -2.43. The van der Waals surface area contributed by atoms with E-state index in [9.17, 15) is 0 Å². The number of ether oxygens (including phenoxy) is 2. The fourth-order valence-corrected chi connectivity index (χ4v) is 8.34. The van der Waals surface area contributed by atoms with Crippen LogP contribution in [-0.2, 0) is 36.0 Å². The molecule has 0 aromatic heterocycles. The molecule has 0 saturated carbocycles. The summed E-state index contributed by atoms with van der Waals surface area (Å²) in [6.07, 6.45) is 3.95. The summed E-state index contributed by atoms with van der Waals surface area (Å²) in [5.74, 6) is 0. The average molecular weight is 482 g/mol. The molecule has 3 heterocycles. The molecule has 184 valence electrons. The summed E-state index contributed by atoms with van der Waals surface area (Å²) < 4.78 is 47.0. The van der Waals surface area contributed by atoms with Crippen molar-refractivity contribution in [1.82, 2.24) is 4.90 Å². The predicted molar refractivity (Wildman–Crippen MR) is 121 cm³/mol. The molecular formula is C20H43NO8Si2. The van der Waals surface area contributed by atoms with Gasteiger partial charge in [0, 0.05) is 66.8 Å². The molecule has 3 aliphatic heterocycles. The summed E-state index contributed by atoms with van der Waals surface area (Å²) >= 11 is 0. The topological polar surface area (TPSA) is 77.1 Å². The molecule has 4 atom stereocenters. The third-order valence-corrected chi connectivity index (χ3v) is 11.6. The molecule has 9 nitrogen and oxygen atoms in total. The largest absolute Gasteiger partial charge is 0.501 e. The lowest BCUT2D eigenvalue weighted by atomic mass is 10.2. The molecule has 3 aliphatic rings. The van der Waals surface area contributed by atoms with Gasteiger partial charge in [-0.2, -0.15) is 0 Å². The summed E-state index contributed by atoms with van der Waals surface area (Å²) in [5.41, 5.74) is 0. The third-order valence-electron chi connectivity index (χ3n) is 5.84. The Morgan fingerprint density at radius 2 is 1.48 bits per heavy atom. The van der Waals surface area contributed by atoms with Gasteiger partial charge < -0.3 is 36.0 Å². The van der Waals surface area contributed by atoms with Crippen molar-refractivity contribution in [3.05, 3.63) is 0 Å². The maximum absolute atomic E-state index is 6.47. The maximum atomic E-state index is 6.47. The van der Waals surface area contributed by atoms with E-state index in [1.807, 2.05) is 0 Å². The maximum Gasteiger partial charge on any atom is 0.501 e. The van der Waals surface area contributed by atoms with Gasteiger partial charge in [0.15, 0.2) is 0 Å². The van der Waals surface area contributed by atoms with Crippen LogP contribution in [0, 0.1) is 0 Å². The van der Waals surface area contributed by atoms with Crippen molar-refractivity contribution < 1.29 is 36.0 Å². The van der Waals surface area contributed by atoms with Gasteiger partial charge in [0.05, 0.1) is 25.4 Å². The highest BCUT2D eigenvalue weighted by molar-refractivity contribution is 6.61. The van der Waals surface area contributed by atoms with Crippen molar-refractivity contribution in [3.8, 4) is 0 Å². The number of hydrogen-bond donors (Lipinski definition) is 0. The first-order valence-electron chi connectivity index (χ1n) is 11.5. The van der Waals surface area contributed by atoms with Crippen molar-refractivity contribution in [3.63, 3.8) is 0 Å². The van der Waals surface area contributed by atoms with Gasteiger partial charge in [-0.25, -0.2) is 0 Å². The second kappa shape index (κ2) is 14.4. The van der Waals surface area contributed by atoms with Crippen LogP contribution in [0.25, 0.3) is 0 Å². The van der Waals surface area contributed by atoms with Crippen molar-refractivity contribution in [1.29, 1.82) is 0 Å². The summed E-state index contributed by atoms with van der Waals surface area (Å²) in [4.78, 5) is 2.41. The standard InChI is InChI=1S/C20H43NO8Si2/c1-6-7-11-26-17-19-15-21-10-8-13-31(25-5,28-19)29-20(16-21)18-27-12-9-14-30(22-2,23-3)24-4/h19-20H,6-18H2,1-5H3. The predicted octanol–water partition coefficient (Wildman–Crippen LogP) is 2.16. The summed E-state index contributed by atoms with van der Waals surface area (Å²) in [6.45, 7) is 7.32. The lowest BCUT2D eigenvalue weighted by Crippen LogP contribution is -2.60. The summed E-state index contributed by atoms with van der Waals surface area (Å²) in [6, 6.07) is 1.54. The van der Waals surface area contributed by atoms with Crippen LogP contribution in [0.1, 0.15) is 32.6 Å². The second-order valence-electron chi connectivity index (χ2n) is 8.13. The van der Waals surface area contributed by atoms with E-state index in [0.717, 1.165) is 58.0 Å². The Bertz CT molecular complexity index is 480. The van der Waals surface area contributed by atoms with E-state index >= 15 is 0 Å². The zero-order valence-electron chi connectivity index (χ0n) is 20.1. The highest BCUT2D eigenvalue weighted by Gasteiger charge is 2.48. The van der Waals surface area contributed by atoms with E-state index in [0.29, 0.717) is 25.9 Å². The molecule has 4 unspecified atom stereocenters. The molecule has 3 rings (SSSR count). The van der Waals surface area contributed by atoms with Gasteiger partial charge in [-0.1, -0.05) is 13.3 Å². The van der Waals surface area contributed by atoms with E-state index in [1.165, 1.54) is 0 Å². The quantitative estimate of drug-likeness (QED) is 0.258. The summed E-state index contributed by atoms with van der Waals surface area (Å²) in [7, 11) is 1.31. The van der Waals surface area contributed by atoms with Crippen LogP contribution >= 0.6 is 0 Å². The Balaban J connectivity index is 1.84. The minimum Gasteiger partial charge on any atom is -0.379 e. The zero-order chi connectivity index (χ0) is 22.6. The van der Waals surface area contributed by atoms with Gasteiger partial charge in [0.25, 0.3) is 0 Å². The first-order valence-corrected chi connectivity index (χ1v) is 15.3. The highest BCUT2D eigenvalue weighted by Crippen LogP contribution is 2.28. The number of nitrogens with zero attached hydrogens (tertiary/aromatic N) is 1. The van der Waals surface area contributed by atoms with Crippen LogP contribution in [0.15, 0.2) is 0 Å². The Kier molecular flexibility index (Phi) is 12.7. The SMILES string of the molecule is CCCCOCC1CN2CCC[Si](OC)(O1)OC(COCCC[Si](OC)(OC)OC)C2. The molecule has 3 fully saturated rings. The molecular weight excluding hydrogens is 438 g/mol. The fraction of sp³-hybridized carbons (Fsp3) is 1.00. The van der Waals surface area contributed by atoms with Crippen LogP contribution in [0.5, 0.6) is 0 Å². The molecule has 2 bridgehead atoms. The van der Waals surface area contributed by atoms with Gasteiger partial charge in [0.2, 0.25) is 0 Å². The third kappa shape index (κ3) is 8.74. The first kappa shape index (κ1) is 27.3. The molecule has 0 spiro atoms. The number of rotatable bonds is 15. The van der Waals surface area contributed by atoms with Crippen LogP contribution in [0.2, 0.25) is 12.1 Å². The van der Waals surface area contributed by atoms with E-state index in [2.05, 4.69) is 11.8 Å². The molecule has 11 heteroatoms. The molecule has 0 aromatic rings. The van der Waals surface area contributed by atoms with E-state index in [-0.39, 0.29) is 12.2 Å². The van der Waals surface area contributed by atoms with Crippen LogP contribution in [-0.4, -0.2) is 109 Å². The van der Waals surface area contributed by atoms with Crippen LogP contribution in [0.4, 0.5) is 0 Å². The van der Waals surface area contributed by atoms with Crippen molar-refractivity contribution >= 4 is 17.6 Å². The van der Waals surface area contributed by atoms with Gasteiger partial charge in [-0.15, -0.1) is 0 Å². The number of hydrogen-bond acceptors (Lipinski definition) is 9. The Morgan fingerprint density at radius 3 is 2.00 bits per heavy atom. The molecule has 0 amide bonds. The lowest BCUT2D eigenvalue weighted by molar-refractivity contribution is -0.0837. The fourth-order valence-electron chi connectivity index (χ4n) is 4.07. The molecule has 0 aliphatic carbocycles. The summed E-state index contributed by atoms with van der Waals surface area (Å²) in [5, 5.41) is 0. The monoisotopic (exact) mass is 481 g/mol.